The molecule has 387 valence electrons. The van der Waals surface area contributed by atoms with Gasteiger partial charge in [-0.25, -0.2) is 9.80 Å². The quantitative estimate of drug-likeness (QED) is 0.0618. The first-order valence-corrected chi connectivity index (χ1v) is 31.8. The maximum atomic E-state index is 14.6. The van der Waals surface area contributed by atoms with Crippen LogP contribution in [0.25, 0.3) is 0 Å². The number of hydrogen-bond donors (Lipinski definition) is 0. The van der Waals surface area contributed by atoms with Gasteiger partial charge in [0.05, 0.1) is 11.4 Å². The maximum Gasteiger partial charge on any atom is 0.305 e. The molecule has 79 heavy (non-hydrogen) atoms. The minimum absolute atomic E-state index is 0. The van der Waals surface area contributed by atoms with Gasteiger partial charge in [-0.2, -0.15) is 0 Å². The van der Waals surface area contributed by atoms with Crippen LogP contribution in [-0.4, -0.2) is 23.6 Å². The number of carbonyl (C=O) groups is 4. The second kappa shape index (κ2) is 25.9. The smallest absolute Gasteiger partial charge is 0.264 e. The molecule has 0 saturated carbocycles. The standard InChI is InChI=1S/2C34H25NO2P2.Ag/c2*36-33-31(38(27-18-8-2-9-19-27)28-20-10-3-11-21-28)32(34(37)35(33)26-16-6-1-7-17-26)39(29-22-12-4-13-23-29)30-24-14-5-15-25-30;/h2*1-25H;/p+4. The summed E-state index contributed by atoms with van der Waals surface area (Å²) >= 11 is 0. The van der Waals surface area contributed by atoms with Crippen molar-refractivity contribution in [2.45, 2.75) is 0 Å². The zero-order chi connectivity index (χ0) is 53.2. The van der Waals surface area contributed by atoms with Gasteiger partial charge in [-0.1, -0.05) is 182 Å². The van der Waals surface area contributed by atoms with E-state index in [1.807, 2.05) is 206 Å². The van der Waals surface area contributed by atoms with Crippen LogP contribution in [0.15, 0.2) is 325 Å². The zero-order valence-electron chi connectivity index (χ0n) is 42.7. The van der Waals surface area contributed by atoms with Crippen molar-refractivity contribution in [3.05, 3.63) is 325 Å². The number of nitrogens with zero attached hydrogens (tertiary/aromatic N) is 2. The van der Waals surface area contributed by atoms with Crippen LogP contribution < -0.4 is 52.2 Å². The molecular weight excluding hydrogens is 1140 g/mol. The van der Waals surface area contributed by atoms with Gasteiger partial charge >= 0.3 is 23.6 Å². The molecule has 4 amide bonds. The number of anilines is 2. The van der Waals surface area contributed by atoms with Gasteiger partial charge in [-0.05, 0) is 121 Å². The summed E-state index contributed by atoms with van der Waals surface area (Å²) in [7, 11) is -7.25. The summed E-state index contributed by atoms with van der Waals surface area (Å²) in [5.41, 5.74) is 1.20. The Labute approximate surface area is 481 Å². The molecule has 0 aromatic heterocycles. The molecule has 2 aliphatic heterocycles. The van der Waals surface area contributed by atoms with Crippen molar-refractivity contribution in [1.29, 1.82) is 0 Å². The van der Waals surface area contributed by atoms with Crippen LogP contribution in [0, 0.1) is 0 Å². The van der Waals surface area contributed by atoms with Crippen molar-refractivity contribution >= 4 is 109 Å². The number of imide groups is 2. The molecule has 0 unspecified atom stereocenters. The van der Waals surface area contributed by atoms with Crippen molar-refractivity contribution in [3.8, 4) is 0 Å². The average molecular weight is 1190 g/mol. The van der Waals surface area contributed by atoms with Gasteiger partial charge in [-0.3, -0.25) is 19.2 Å². The Morgan fingerprint density at radius 3 is 0.456 bits per heavy atom. The summed E-state index contributed by atoms with van der Waals surface area (Å²) in [6.45, 7) is 0. The molecule has 2 aliphatic rings. The maximum absolute atomic E-state index is 14.6. The number of rotatable bonds is 14. The van der Waals surface area contributed by atoms with Crippen LogP contribution in [0.3, 0.4) is 0 Å². The van der Waals surface area contributed by atoms with E-state index in [1.54, 1.807) is 0 Å². The van der Waals surface area contributed by atoms with Crippen LogP contribution in [0.2, 0.25) is 0 Å². The predicted molar refractivity (Wildman–Crippen MR) is 334 cm³/mol. The molecule has 10 aromatic carbocycles. The third-order valence-corrected chi connectivity index (χ3v) is 25.3. The van der Waals surface area contributed by atoms with Crippen molar-refractivity contribution in [2.75, 3.05) is 9.80 Å². The fourth-order valence-corrected chi connectivity index (χ4v) is 22.3. The second-order valence-electron chi connectivity index (χ2n) is 18.5. The van der Waals surface area contributed by atoms with E-state index in [-0.39, 0.29) is 46.0 Å². The van der Waals surface area contributed by atoms with E-state index < -0.39 is 31.7 Å². The van der Waals surface area contributed by atoms with Crippen molar-refractivity contribution in [1.82, 2.24) is 0 Å². The molecule has 1 radical (unpaired) electrons. The van der Waals surface area contributed by atoms with Gasteiger partial charge in [0.2, 0.25) is 21.3 Å². The summed E-state index contributed by atoms with van der Waals surface area (Å²) < 4.78 is 0. The number of para-hydroxylation sites is 2. The molecule has 0 atom stereocenters. The minimum atomic E-state index is -1.81. The summed E-state index contributed by atoms with van der Waals surface area (Å²) in [6, 6.07) is 100. The summed E-state index contributed by atoms with van der Waals surface area (Å²) in [5, 5.41) is 11.3. The molecule has 6 nitrogen and oxygen atoms in total. The van der Waals surface area contributed by atoms with Crippen LogP contribution >= 0.6 is 31.7 Å². The molecule has 0 spiro atoms. The fraction of sp³-hybridized carbons (Fsp3) is 0. The number of benzene rings is 10. The minimum Gasteiger partial charge on any atom is -0.264 e. The van der Waals surface area contributed by atoms with Crippen LogP contribution in [0.5, 0.6) is 0 Å². The molecular formula is C68H54AgN2O4P4+4. The van der Waals surface area contributed by atoms with Crippen molar-refractivity contribution in [2.24, 2.45) is 0 Å². The Balaban J connectivity index is 0.000000176. The summed E-state index contributed by atoms with van der Waals surface area (Å²) in [5.74, 6) is -0.844. The van der Waals surface area contributed by atoms with Crippen molar-refractivity contribution in [3.63, 3.8) is 0 Å². The number of carbonyl (C=O) groups excluding carboxylic acids is 4. The Morgan fingerprint density at radius 2 is 0.316 bits per heavy atom. The van der Waals surface area contributed by atoms with Gasteiger partial charge in [0, 0.05) is 22.4 Å². The summed E-state index contributed by atoms with van der Waals surface area (Å²) in [6.07, 6.45) is 0. The Kier molecular flexibility index (Phi) is 18.0. The van der Waals surface area contributed by atoms with Gasteiger partial charge in [0.25, 0.3) is 0 Å². The fourth-order valence-electron chi connectivity index (χ4n) is 10.3. The number of hydrogen-bond acceptors (Lipinski definition) is 4. The van der Waals surface area contributed by atoms with E-state index in [4.69, 9.17) is 0 Å². The zero-order valence-corrected chi connectivity index (χ0v) is 48.2. The molecule has 0 aliphatic carbocycles. The molecule has 0 saturated heterocycles. The SMILES string of the molecule is O=C1C([PH+](c2ccccc2)c2ccccc2)=C([PH+](c2ccccc2)c2ccccc2)C(=O)N1c1ccccc1.O=C1C([PH+](c2ccccc2)c2ccccc2)=C([PH+](c2ccccc2)c2ccccc2)C(=O)N1c1ccccc1.[Ag]. The van der Waals surface area contributed by atoms with E-state index in [0.717, 1.165) is 42.4 Å². The Bertz CT molecular complexity index is 3140. The molecule has 2 heterocycles. The third kappa shape index (κ3) is 11.6. The predicted octanol–water partition coefficient (Wildman–Crippen LogP) is 11.0. The Morgan fingerprint density at radius 1 is 0.190 bits per heavy atom. The van der Waals surface area contributed by atoms with Crippen LogP contribution in [0.1, 0.15) is 0 Å². The van der Waals surface area contributed by atoms with Crippen LogP contribution in [-0.2, 0) is 41.6 Å². The Hall–Kier alpha value is -7.58. The van der Waals surface area contributed by atoms with Gasteiger partial charge in [-0.15, -0.1) is 0 Å². The molecule has 12 rings (SSSR count). The van der Waals surface area contributed by atoms with Gasteiger partial charge < -0.3 is 0 Å². The molecule has 10 aromatic rings. The first-order chi connectivity index (χ1) is 38.5. The van der Waals surface area contributed by atoms with E-state index in [0.29, 0.717) is 32.6 Å². The first-order valence-electron chi connectivity index (χ1n) is 25.8. The van der Waals surface area contributed by atoms with Crippen molar-refractivity contribution < 1.29 is 41.6 Å². The molecule has 0 fully saturated rings. The normalized spacial score (nSPS) is 13.4. The monoisotopic (exact) mass is 1190 g/mol. The average Bonchev–Trinajstić information content (AvgIpc) is 4.00. The topological polar surface area (TPSA) is 74.8 Å². The van der Waals surface area contributed by atoms with Gasteiger partial charge in [0.15, 0.2) is 0 Å². The largest absolute Gasteiger partial charge is 0.305 e. The number of amides is 4. The first kappa shape index (κ1) is 54.8. The molecule has 0 N–H and O–H groups in total. The van der Waals surface area contributed by atoms with E-state index in [2.05, 4.69) is 97.1 Å². The molecule has 11 heteroatoms. The molecule has 0 bridgehead atoms. The second-order valence-corrected chi connectivity index (χ2v) is 28.1. The van der Waals surface area contributed by atoms with Crippen LogP contribution in [0.4, 0.5) is 11.4 Å². The summed E-state index contributed by atoms with van der Waals surface area (Å²) in [4.78, 5) is 61.1. The van der Waals surface area contributed by atoms with E-state index in [1.165, 1.54) is 9.80 Å². The van der Waals surface area contributed by atoms with E-state index in [9.17, 15) is 19.2 Å². The van der Waals surface area contributed by atoms with E-state index >= 15 is 0 Å². The van der Waals surface area contributed by atoms with Gasteiger partial charge in [0.1, 0.15) is 74.1 Å². The third-order valence-electron chi connectivity index (χ3n) is 13.7.